The Bertz CT molecular complexity index is 216. The number of allylic oxidation sites excluding steroid dienone is 1. The van der Waals surface area contributed by atoms with Gasteiger partial charge in [-0.05, 0) is 26.7 Å². The van der Waals surface area contributed by atoms with Crippen molar-refractivity contribution in [3.05, 3.63) is 11.6 Å². The van der Waals surface area contributed by atoms with Crippen LogP contribution in [0, 0.1) is 0 Å². The molecule has 2 bridgehead atoms. The lowest BCUT2D eigenvalue weighted by Gasteiger charge is -2.34. The molecule has 1 N–H and O–H groups in total. The highest BCUT2D eigenvalue weighted by atomic mass is 16.5. The van der Waals surface area contributed by atoms with Crippen molar-refractivity contribution in [2.45, 2.75) is 57.3 Å². The lowest BCUT2D eigenvalue weighted by molar-refractivity contribution is -0.0871. The lowest BCUT2D eigenvalue weighted by Crippen LogP contribution is -2.39. The Morgan fingerprint density at radius 3 is 2.31 bits per heavy atom. The molecule has 2 rings (SSSR count). The highest BCUT2D eigenvalue weighted by Crippen LogP contribution is 2.39. The molecule has 0 saturated carbocycles. The highest BCUT2D eigenvalue weighted by Gasteiger charge is 2.42. The molecule has 2 nitrogen and oxygen atoms in total. The summed E-state index contributed by atoms with van der Waals surface area (Å²) >= 11 is 0. The summed E-state index contributed by atoms with van der Waals surface area (Å²) < 4.78 is 5.68. The molecule has 2 saturated heterocycles. The summed E-state index contributed by atoms with van der Waals surface area (Å²) in [5, 5.41) is 10.3. The zero-order valence-electron chi connectivity index (χ0n) is 8.42. The molecule has 0 radical (unpaired) electrons. The van der Waals surface area contributed by atoms with Crippen LogP contribution >= 0.6 is 0 Å². The van der Waals surface area contributed by atoms with Crippen LogP contribution in [-0.4, -0.2) is 22.9 Å². The SMILES string of the molecule is CC(C)=CC1(O)CC2CCC(C1)O2. The minimum Gasteiger partial charge on any atom is -0.386 e. The lowest BCUT2D eigenvalue weighted by atomic mass is 9.89. The molecule has 0 aromatic rings. The molecule has 2 unspecified atom stereocenters. The minimum absolute atomic E-state index is 0.305. The maximum absolute atomic E-state index is 10.3. The van der Waals surface area contributed by atoms with E-state index in [1.807, 2.05) is 19.9 Å². The summed E-state index contributed by atoms with van der Waals surface area (Å²) in [6, 6.07) is 0. The van der Waals surface area contributed by atoms with Crippen LogP contribution in [0.25, 0.3) is 0 Å². The first-order valence-corrected chi connectivity index (χ1v) is 5.11. The third-order valence-corrected chi connectivity index (χ3v) is 2.92. The Hall–Kier alpha value is -0.340. The fraction of sp³-hybridized carbons (Fsp3) is 0.818. The fourth-order valence-electron chi connectivity index (χ4n) is 2.61. The van der Waals surface area contributed by atoms with E-state index in [1.165, 1.54) is 5.57 Å². The van der Waals surface area contributed by atoms with Gasteiger partial charge in [0.1, 0.15) is 0 Å². The van der Waals surface area contributed by atoms with Gasteiger partial charge in [-0.15, -0.1) is 0 Å². The quantitative estimate of drug-likeness (QED) is 0.629. The predicted octanol–water partition coefficient (Wildman–Crippen LogP) is 2.03. The third-order valence-electron chi connectivity index (χ3n) is 2.92. The van der Waals surface area contributed by atoms with Gasteiger partial charge in [-0.25, -0.2) is 0 Å². The van der Waals surface area contributed by atoms with Gasteiger partial charge in [-0.2, -0.15) is 0 Å². The minimum atomic E-state index is -0.580. The fourth-order valence-corrected chi connectivity index (χ4v) is 2.61. The van der Waals surface area contributed by atoms with Crippen molar-refractivity contribution in [2.24, 2.45) is 0 Å². The van der Waals surface area contributed by atoms with E-state index >= 15 is 0 Å². The van der Waals surface area contributed by atoms with Gasteiger partial charge in [0.15, 0.2) is 0 Å². The number of hydrogen-bond donors (Lipinski definition) is 1. The Labute approximate surface area is 79.6 Å². The van der Waals surface area contributed by atoms with Gasteiger partial charge >= 0.3 is 0 Å². The molecule has 0 aromatic heterocycles. The van der Waals surface area contributed by atoms with Gasteiger partial charge < -0.3 is 9.84 Å². The molecule has 0 spiro atoms. The summed E-state index contributed by atoms with van der Waals surface area (Å²) in [4.78, 5) is 0. The van der Waals surface area contributed by atoms with Gasteiger partial charge in [0.25, 0.3) is 0 Å². The summed E-state index contributed by atoms with van der Waals surface area (Å²) in [7, 11) is 0. The molecule has 74 valence electrons. The van der Waals surface area contributed by atoms with E-state index in [1.54, 1.807) is 0 Å². The smallest absolute Gasteiger partial charge is 0.0879 e. The van der Waals surface area contributed by atoms with E-state index in [2.05, 4.69) is 0 Å². The van der Waals surface area contributed by atoms with Crippen LogP contribution in [0.1, 0.15) is 39.5 Å². The average molecular weight is 182 g/mol. The van der Waals surface area contributed by atoms with Crippen molar-refractivity contribution >= 4 is 0 Å². The Morgan fingerprint density at radius 1 is 1.31 bits per heavy atom. The number of ether oxygens (including phenoxy) is 1. The summed E-state index contributed by atoms with van der Waals surface area (Å²) in [5.41, 5.74) is 0.618. The second kappa shape index (κ2) is 3.10. The van der Waals surface area contributed by atoms with Gasteiger partial charge in [0.2, 0.25) is 0 Å². The van der Waals surface area contributed by atoms with E-state index in [0.29, 0.717) is 12.2 Å². The van der Waals surface area contributed by atoms with Crippen LogP contribution in [-0.2, 0) is 4.74 Å². The number of fused-ring (bicyclic) bond motifs is 2. The maximum Gasteiger partial charge on any atom is 0.0879 e. The first kappa shape index (κ1) is 9.22. The van der Waals surface area contributed by atoms with Gasteiger partial charge in [0.05, 0.1) is 17.8 Å². The summed E-state index contributed by atoms with van der Waals surface area (Å²) in [6.07, 6.45) is 6.44. The molecule has 2 fully saturated rings. The van der Waals surface area contributed by atoms with E-state index in [0.717, 1.165) is 25.7 Å². The van der Waals surface area contributed by atoms with E-state index in [-0.39, 0.29) is 0 Å². The number of aliphatic hydroxyl groups is 1. The van der Waals surface area contributed by atoms with Gasteiger partial charge in [-0.3, -0.25) is 0 Å². The zero-order valence-corrected chi connectivity index (χ0v) is 8.42. The van der Waals surface area contributed by atoms with Crippen molar-refractivity contribution < 1.29 is 9.84 Å². The normalized spacial score (nSPS) is 43.3. The van der Waals surface area contributed by atoms with Crippen LogP contribution < -0.4 is 0 Å². The number of rotatable bonds is 1. The second-order valence-electron chi connectivity index (χ2n) is 4.69. The van der Waals surface area contributed by atoms with Crippen molar-refractivity contribution in [3.63, 3.8) is 0 Å². The molecule has 0 aromatic carbocycles. The first-order chi connectivity index (χ1) is 6.07. The highest BCUT2D eigenvalue weighted by molar-refractivity contribution is 5.11. The topological polar surface area (TPSA) is 29.5 Å². The maximum atomic E-state index is 10.3. The van der Waals surface area contributed by atoms with E-state index in [9.17, 15) is 5.11 Å². The van der Waals surface area contributed by atoms with Crippen molar-refractivity contribution in [2.75, 3.05) is 0 Å². The second-order valence-corrected chi connectivity index (χ2v) is 4.69. The van der Waals surface area contributed by atoms with Crippen molar-refractivity contribution in [1.82, 2.24) is 0 Å². The standard InChI is InChI=1S/C11H18O2/c1-8(2)5-11(12)6-9-3-4-10(7-11)13-9/h5,9-10,12H,3-4,6-7H2,1-2H3. The Kier molecular flexibility index (Phi) is 2.20. The van der Waals surface area contributed by atoms with Crippen LogP contribution in [0.3, 0.4) is 0 Å². The molecule has 2 aliphatic rings. The zero-order chi connectivity index (χ0) is 9.47. The average Bonchev–Trinajstić information content (AvgIpc) is 2.27. The molecule has 0 amide bonds. The molecule has 2 heteroatoms. The third kappa shape index (κ3) is 1.94. The summed E-state index contributed by atoms with van der Waals surface area (Å²) in [6.45, 7) is 4.07. The first-order valence-electron chi connectivity index (χ1n) is 5.11. The Morgan fingerprint density at radius 2 is 1.85 bits per heavy atom. The van der Waals surface area contributed by atoms with Crippen LogP contribution in [0.15, 0.2) is 11.6 Å². The monoisotopic (exact) mass is 182 g/mol. The predicted molar refractivity (Wildman–Crippen MR) is 51.5 cm³/mol. The Balaban J connectivity index is 2.12. The van der Waals surface area contributed by atoms with Crippen molar-refractivity contribution in [3.8, 4) is 0 Å². The molecule has 13 heavy (non-hydrogen) atoms. The van der Waals surface area contributed by atoms with Gasteiger partial charge in [0, 0.05) is 12.8 Å². The van der Waals surface area contributed by atoms with E-state index < -0.39 is 5.60 Å². The van der Waals surface area contributed by atoms with E-state index in [4.69, 9.17) is 4.74 Å². The van der Waals surface area contributed by atoms with Gasteiger partial charge in [-0.1, -0.05) is 11.6 Å². The molecular weight excluding hydrogens is 164 g/mol. The van der Waals surface area contributed by atoms with Crippen LogP contribution in [0.4, 0.5) is 0 Å². The van der Waals surface area contributed by atoms with Crippen molar-refractivity contribution in [1.29, 1.82) is 0 Å². The molecule has 0 aliphatic carbocycles. The molecular formula is C11H18O2. The van der Waals surface area contributed by atoms with Crippen LogP contribution in [0.2, 0.25) is 0 Å². The van der Waals surface area contributed by atoms with Crippen LogP contribution in [0.5, 0.6) is 0 Å². The summed E-state index contributed by atoms with van der Waals surface area (Å²) in [5.74, 6) is 0. The molecule has 2 aliphatic heterocycles. The number of hydrogen-bond acceptors (Lipinski definition) is 2. The molecule has 2 atom stereocenters. The molecule has 2 heterocycles. The largest absolute Gasteiger partial charge is 0.386 e.